The summed E-state index contributed by atoms with van der Waals surface area (Å²) in [4.78, 5) is 6.29. The van der Waals surface area contributed by atoms with Crippen molar-refractivity contribution in [2.24, 2.45) is 11.8 Å². The summed E-state index contributed by atoms with van der Waals surface area (Å²) < 4.78 is 14.1. The molecule has 1 aromatic rings. The Kier molecular flexibility index (Phi) is 2.95. The summed E-state index contributed by atoms with van der Waals surface area (Å²) in [7, 11) is 0. The first-order chi connectivity index (χ1) is 8.29. The van der Waals surface area contributed by atoms with Gasteiger partial charge in [-0.2, -0.15) is 0 Å². The van der Waals surface area contributed by atoms with E-state index in [0.29, 0.717) is 11.4 Å². The summed E-state index contributed by atoms with van der Waals surface area (Å²) in [6.07, 6.45) is 5.57. The zero-order valence-corrected chi connectivity index (χ0v) is 10.5. The predicted octanol–water partition coefficient (Wildman–Crippen LogP) is 3.20. The Morgan fingerprint density at radius 3 is 2.71 bits per heavy atom. The maximum atomic E-state index is 14.1. The van der Waals surface area contributed by atoms with E-state index in [4.69, 9.17) is 11.6 Å². The van der Waals surface area contributed by atoms with E-state index >= 15 is 0 Å². The molecule has 2 nitrogen and oxygen atoms in total. The molecule has 3 rings (SSSR count). The van der Waals surface area contributed by atoms with Crippen LogP contribution in [0.5, 0.6) is 0 Å². The Morgan fingerprint density at radius 1 is 1.35 bits per heavy atom. The fraction of sp³-hybridized carbons (Fsp3) is 0.615. The van der Waals surface area contributed by atoms with Crippen molar-refractivity contribution in [3.05, 3.63) is 23.6 Å². The van der Waals surface area contributed by atoms with E-state index in [9.17, 15) is 4.39 Å². The van der Waals surface area contributed by atoms with Gasteiger partial charge in [0.25, 0.3) is 0 Å². The van der Waals surface area contributed by atoms with Crippen molar-refractivity contribution < 1.29 is 4.39 Å². The van der Waals surface area contributed by atoms with Crippen LogP contribution in [-0.2, 0) is 5.88 Å². The molecule has 0 spiro atoms. The molecule has 2 aliphatic rings. The van der Waals surface area contributed by atoms with Crippen LogP contribution in [0.4, 0.5) is 10.2 Å². The number of aromatic nitrogens is 1. The van der Waals surface area contributed by atoms with Gasteiger partial charge in [-0.1, -0.05) is 6.42 Å². The fourth-order valence-corrected chi connectivity index (χ4v) is 3.41. The number of anilines is 1. The maximum absolute atomic E-state index is 14.1. The van der Waals surface area contributed by atoms with Crippen molar-refractivity contribution in [1.29, 1.82) is 0 Å². The minimum atomic E-state index is -0.234. The molecule has 2 heterocycles. The molecule has 0 N–H and O–H groups in total. The first-order valence-electron chi connectivity index (χ1n) is 6.24. The smallest absolute Gasteiger partial charge is 0.170 e. The van der Waals surface area contributed by atoms with Gasteiger partial charge < -0.3 is 4.90 Å². The zero-order chi connectivity index (χ0) is 11.8. The summed E-state index contributed by atoms with van der Waals surface area (Å²) in [5.74, 6) is 1.97. The minimum absolute atomic E-state index is 0.210. The van der Waals surface area contributed by atoms with E-state index in [1.807, 2.05) is 0 Å². The number of hydrogen-bond acceptors (Lipinski definition) is 2. The van der Waals surface area contributed by atoms with Crippen LogP contribution in [0.25, 0.3) is 0 Å². The average molecular weight is 255 g/mol. The molecule has 2 unspecified atom stereocenters. The third-order valence-electron chi connectivity index (χ3n) is 4.12. The predicted molar refractivity (Wildman–Crippen MR) is 66.8 cm³/mol. The first kappa shape index (κ1) is 11.3. The molecule has 17 heavy (non-hydrogen) atoms. The standard InChI is InChI=1S/C13H16ClFN2/c14-6-9-4-5-16-13(12(9)15)17-7-10-2-1-3-11(10)8-17/h4-5,10-11H,1-3,6-8H2. The minimum Gasteiger partial charge on any atom is -0.354 e. The van der Waals surface area contributed by atoms with Crippen LogP contribution in [-0.4, -0.2) is 18.1 Å². The van der Waals surface area contributed by atoms with Gasteiger partial charge in [-0.15, -0.1) is 11.6 Å². The normalized spacial score (nSPS) is 27.5. The van der Waals surface area contributed by atoms with Crippen molar-refractivity contribution in [1.82, 2.24) is 4.98 Å². The van der Waals surface area contributed by atoms with Gasteiger partial charge in [0.15, 0.2) is 11.6 Å². The van der Waals surface area contributed by atoms with Crippen LogP contribution >= 0.6 is 11.6 Å². The van der Waals surface area contributed by atoms with Crippen LogP contribution in [0.3, 0.4) is 0 Å². The van der Waals surface area contributed by atoms with Crippen LogP contribution in [0, 0.1) is 17.7 Å². The number of rotatable bonds is 2. The molecule has 0 aromatic carbocycles. The van der Waals surface area contributed by atoms with Crippen LogP contribution < -0.4 is 4.90 Å². The number of alkyl halides is 1. The second-order valence-electron chi connectivity index (χ2n) is 5.10. The molecule has 2 fully saturated rings. The summed E-state index contributed by atoms with van der Waals surface area (Å²) in [6.45, 7) is 1.92. The lowest BCUT2D eigenvalue weighted by Gasteiger charge is -2.19. The molecule has 2 atom stereocenters. The second kappa shape index (κ2) is 4.45. The lowest BCUT2D eigenvalue weighted by Crippen LogP contribution is -2.23. The first-order valence-corrected chi connectivity index (χ1v) is 6.77. The number of nitrogens with zero attached hydrogens (tertiary/aromatic N) is 2. The summed E-state index contributed by atoms with van der Waals surface area (Å²) in [5.41, 5.74) is 0.550. The van der Waals surface area contributed by atoms with Gasteiger partial charge in [-0.3, -0.25) is 0 Å². The highest BCUT2D eigenvalue weighted by atomic mass is 35.5. The van der Waals surface area contributed by atoms with Gasteiger partial charge in [0.1, 0.15) is 0 Å². The van der Waals surface area contributed by atoms with E-state index < -0.39 is 0 Å². The fourth-order valence-electron chi connectivity index (χ4n) is 3.20. The summed E-state index contributed by atoms with van der Waals surface area (Å²) >= 11 is 5.72. The van der Waals surface area contributed by atoms with E-state index in [-0.39, 0.29) is 11.7 Å². The van der Waals surface area contributed by atoms with Crippen LogP contribution in [0.1, 0.15) is 24.8 Å². The highest BCUT2D eigenvalue weighted by Gasteiger charge is 2.37. The van der Waals surface area contributed by atoms with Gasteiger partial charge in [0, 0.05) is 24.8 Å². The average Bonchev–Trinajstić information content (AvgIpc) is 2.89. The van der Waals surface area contributed by atoms with Crippen molar-refractivity contribution in [3.8, 4) is 0 Å². The molecule has 92 valence electrons. The molecule has 0 bridgehead atoms. The van der Waals surface area contributed by atoms with Crippen molar-refractivity contribution in [2.75, 3.05) is 18.0 Å². The Bertz CT molecular complexity index is 412. The molecular weight excluding hydrogens is 239 g/mol. The van der Waals surface area contributed by atoms with Gasteiger partial charge in [-0.25, -0.2) is 9.37 Å². The summed E-state index contributed by atoms with van der Waals surface area (Å²) in [5, 5.41) is 0. The Labute approximate surface area is 106 Å². The molecule has 0 amide bonds. The Balaban J connectivity index is 1.85. The van der Waals surface area contributed by atoms with Gasteiger partial charge in [0.05, 0.1) is 5.88 Å². The lowest BCUT2D eigenvalue weighted by atomic mass is 10.0. The maximum Gasteiger partial charge on any atom is 0.170 e. The number of halogens is 2. The molecule has 1 saturated carbocycles. The van der Waals surface area contributed by atoms with Crippen molar-refractivity contribution in [2.45, 2.75) is 25.1 Å². The van der Waals surface area contributed by atoms with Gasteiger partial charge >= 0.3 is 0 Å². The molecule has 1 aliphatic heterocycles. The SMILES string of the molecule is Fc1c(CCl)ccnc1N1CC2CCCC2C1. The molecule has 0 radical (unpaired) electrons. The van der Waals surface area contributed by atoms with Crippen LogP contribution in [0.15, 0.2) is 12.3 Å². The number of fused-ring (bicyclic) bond motifs is 1. The monoisotopic (exact) mass is 254 g/mol. The third-order valence-corrected chi connectivity index (χ3v) is 4.41. The second-order valence-corrected chi connectivity index (χ2v) is 5.36. The molecule has 1 aromatic heterocycles. The van der Waals surface area contributed by atoms with Crippen molar-refractivity contribution in [3.63, 3.8) is 0 Å². The van der Waals surface area contributed by atoms with Gasteiger partial charge in [-0.05, 0) is 30.7 Å². The van der Waals surface area contributed by atoms with Crippen LogP contribution in [0.2, 0.25) is 0 Å². The lowest BCUT2D eigenvalue weighted by molar-refractivity contribution is 0.494. The topological polar surface area (TPSA) is 16.1 Å². The number of pyridine rings is 1. The Morgan fingerprint density at radius 2 is 2.06 bits per heavy atom. The van der Waals surface area contributed by atoms with E-state index in [1.54, 1.807) is 12.3 Å². The van der Waals surface area contributed by atoms with E-state index in [1.165, 1.54) is 19.3 Å². The highest BCUT2D eigenvalue weighted by Crippen LogP contribution is 2.39. The molecular formula is C13H16ClFN2. The van der Waals surface area contributed by atoms with Crippen molar-refractivity contribution >= 4 is 17.4 Å². The Hall–Kier alpha value is -0.830. The summed E-state index contributed by atoms with van der Waals surface area (Å²) in [6, 6.07) is 1.66. The largest absolute Gasteiger partial charge is 0.354 e. The third kappa shape index (κ3) is 1.90. The molecule has 1 aliphatic carbocycles. The molecule has 4 heteroatoms. The number of hydrogen-bond donors (Lipinski definition) is 0. The zero-order valence-electron chi connectivity index (χ0n) is 9.70. The van der Waals surface area contributed by atoms with Gasteiger partial charge in [0.2, 0.25) is 0 Å². The van der Waals surface area contributed by atoms with E-state index in [2.05, 4.69) is 9.88 Å². The highest BCUT2D eigenvalue weighted by molar-refractivity contribution is 6.17. The molecule has 1 saturated heterocycles. The van der Waals surface area contributed by atoms with E-state index in [0.717, 1.165) is 24.9 Å². The quantitative estimate of drug-likeness (QED) is 0.754.